The number of carbonyl (C=O) groups is 2. The number of ether oxygens (including phenoxy) is 1. The van der Waals surface area contributed by atoms with E-state index in [4.69, 9.17) is 16.3 Å². The second kappa shape index (κ2) is 10.4. The van der Waals surface area contributed by atoms with Crippen molar-refractivity contribution in [3.05, 3.63) is 131 Å². The van der Waals surface area contributed by atoms with E-state index in [1.165, 1.54) is 0 Å². The van der Waals surface area contributed by atoms with Crippen molar-refractivity contribution in [3.63, 3.8) is 0 Å². The van der Waals surface area contributed by atoms with Gasteiger partial charge < -0.3 is 15.0 Å². The van der Waals surface area contributed by atoms with Gasteiger partial charge in [0.1, 0.15) is 0 Å². The number of fused-ring (bicyclic) bond motifs is 2. The van der Waals surface area contributed by atoms with E-state index in [1.807, 2.05) is 54.6 Å². The Morgan fingerprint density at radius 1 is 0.846 bits per heavy atom. The molecule has 0 saturated carbocycles. The second-order valence-electron chi connectivity index (χ2n) is 8.86. The number of pyridine rings is 2. The third-order valence-electron chi connectivity index (χ3n) is 6.41. The summed E-state index contributed by atoms with van der Waals surface area (Å²) in [6, 6.07) is 26.9. The predicted octanol–water partition coefficient (Wildman–Crippen LogP) is 7.00. The van der Waals surface area contributed by atoms with Gasteiger partial charge in [0.15, 0.2) is 5.75 Å². The minimum absolute atomic E-state index is 0.217. The summed E-state index contributed by atoms with van der Waals surface area (Å²) in [7, 11) is 0. The van der Waals surface area contributed by atoms with E-state index in [1.54, 1.807) is 59.9 Å². The summed E-state index contributed by atoms with van der Waals surface area (Å²) in [5.41, 5.74) is 4.33. The topological polar surface area (TPSA) is 84.4 Å². The molecule has 0 aliphatic carbocycles. The van der Waals surface area contributed by atoms with Crippen LogP contribution in [0.3, 0.4) is 0 Å². The first-order valence-corrected chi connectivity index (χ1v) is 12.6. The zero-order valence-corrected chi connectivity index (χ0v) is 21.3. The number of anilines is 2. The standard InChI is InChI=1S/C31H21ClN4O3/c32-26-18-22(35-29(37)24-8-2-1-7-23(24)20-13-16-33-17-14-20)11-12-25(26)31(38)36-19-21-6-5-15-34-30(21)39-28-10-4-3-9-27(28)36/h1-18H,19H2,(H,35,37). The molecular formula is C31H21ClN4O3. The summed E-state index contributed by atoms with van der Waals surface area (Å²) in [5, 5.41) is 3.12. The van der Waals surface area contributed by atoms with Crippen LogP contribution >= 0.6 is 11.6 Å². The van der Waals surface area contributed by atoms with Crippen LogP contribution in [0.5, 0.6) is 11.6 Å². The fourth-order valence-electron chi connectivity index (χ4n) is 4.52. The van der Waals surface area contributed by atoms with Crippen LogP contribution in [-0.4, -0.2) is 21.8 Å². The molecule has 7 nitrogen and oxygen atoms in total. The predicted molar refractivity (Wildman–Crippen MR) is 150 cm³/mol. The van der Waals surface area contributed by atoms with Crippen LogP contribution in [0.4, 0.5) is 11.4 Å². The van der Waals surface area contributed by atoms with E-state index in [0.29, 0.717) is 34.1 Å². The highest BCUT2D eigenvalue weighted by atomic mass is 35.5. The lowest BCUT2D eigenvalue weighted by molar-refractivity contribution is 0.0984. The smallest absolute Gasteiger partial charge is 0.260 e. The Morgan fingerprint density at radius 3 is 2.49 bits per heavy atom. The summed E-state index contributed by atoms with van der Waals surface area (Å²) in [6.45, 7) is 0.264. The number of halogens is 1. The van der Waals surface area contributed by atoms with E-state index < -0.39 is 0 Å². The number of carbonyl (C=O) groups excluding carboxylic acids is 2. The molecule has 1 aliphatic rings. The summed E-state index contributed by atoms with van der Waals surface area (Å²) in [4.78, 5) is 37.0. The van der Waals surface area contributed by atoms with Gasteiger partial charge in [0.25, 0.3) is 11.8 Å². The lowest BCUT2D eigenvalue weighted by Gasteiger charge is -2.22. The number of hydrogen-bond donors (Lipinski definition) is 1. The average Bonchev–Trinajstić information content (AvgIpc) is 3.14. The Kier molecular flexibility index (Phi) is 6.49. The van der Waals surface area contributed by atoms with Crippen LogP contribution in [0.25, 0.3) is 11.1 Å². The van der Waals surface area contributed by atoms with Crippen molar-refractivity contribution in [2.75, 3.05) is 10.2 Å². The van der Waals surface area contributed by atoms with Crippen molar-refractivity contribution in [3.8, 4) is 22.8 Å². The number of hydrogen-bond acceptors (Lipinski definition) is 5. The van der Waals surface area contributed by atoms with Crippen molar-refractivity contribution in [2.24, 2.45) is 0 Å². The minimum atomic E-state index is -0.298. The highest BCUT2D eigenvalue weighted by molar-refractivity contribution is 6.35. The first kappa shape index (κ1) is 24.3. The van der Waals surface area contributed by atoms with Crippen molar-refractivity contribution < 1.29 is 14.3 Å². The van der Waals surface area contributed by atoms with Gasteiger partial charge in [-0.05, 0) is 65.7 Å². The molecule has 6 rings (SSSR count). The first-order chi connectivity index (χ1) is 19.1. The number of nitrogens with one attached hydrogen (secondary N) is 1. The van der Waals surface area contributed by atoms with Crippen molar-refractivity contribution in [1.82, 2.24) is 9.97 Å². The van der Waals surface area contributed by atoms with Crippen LogP contribution in [0, 0.1) is 0 Å². The third-order valence-corrected chi connectivity index (χ3v) is 6.72. The normalized spacial score (nSPS) is 12.0. The van der Waals surface area contributed by atoms with E-state index in [-0.39, 0.29) is 23.4 Å². The fraction of sp³-hybridized carbons (Fsp3) is 0.0323. The molecule has 0 unspecified atom stereocenters. The van der Waals surface area contributed by atoms with Crippen LogP contribution in [0.15, 0.2) is 110 Å². The second-order valence-corrected chi connectivity index (χ2v) is 9.27. The largest absolute Gasteiger partial charge is 0.436 e. The maximum Gasteiger partial charge on any atom is 0.260 e. The van der Waals surface area contributed by atoms with E-state index >= 15 is 0 Å². The molecule has 1 aliphatic heterocycles. The van der Waals surface area contributed by atoms with E-state index in [9.17, 15) is 9.59 Å². The highest BCUT2D eigenvalue weighted by Gasteiger charge is 2.28. The quantitative estimate of drug-likeness (QED) is 0.269. The molecule has 1 N–H and O–H groups in total. The number of amides is 2. The van der Waals surface area contributed by atoms with Crippen LogP contribution in [-0.2, 0) is 6.54 Å². The summed E-state index contributed by atoms with van der Waals surface area (Å²) >= 11 is 6.62. The average molecular weight is 533 g/mol. The van der Waals surface area contributed by atoms with Gasteiger partial charge in [-0.1, -0.05) is 48.0 Å². The molecule has 3 aromatic carbocycles. The van der Waals surface area contributed by atoms with Gasteiger partial charge in [0, 0.05) is 35.4 Å². The molecule has 0 saturated heterocycles. The van der Waals surface area contributed by atoms with Gasteiger partial charge in [-0.25, -0.2) is 4.98 Å². The Hall–Kier alpha value is -5.01. The molecule has 0 radical (unpaired) electrons. The van der Waals surface area contributed by atoms with Crippen LogP contribution in [0.2, 0.25) is 5.02 Å². The van der Waals surface area contributed by atoms with Crippen molar-refractivity contribution >= 4 is 34.8 Å². The SMILES string of the molecule is O=C(Nc1ccc(C(=O)N2Cc3cccnc3Oc3ccccc32)c(Cl)c1)c1ccccc1-c1ccncc1. The van der Waals surface area contributed by atoms with Gasteiger partial charge in [0.05, 0.1) is 22.8 Å². The lowest BCUT2D eigenvalue weighted by Crippen LogP contribution is -2.30. The first-order valence-electron chi connectivity index (χ1n) is 12.2. The minimum Gasteiger partial charge on any atom is -0.436 e. The van der Waals surface area contributed by atoms with Crippen molar-refractivity contribution in [2.45, 2.75) is 6.54 Å². The zero-order chi connectivity index (χ0) is 26.8. The Labute approximate surface area is 229 Å². The molecule has 0 fully saturated rings. The number of para-hydroxylation sites is 2. The Bertz CT molecular complexity index is 1710. The molecule has 3 heterocycles. The van der Waals surface area contributed by atoms with E-state index in [0.717, 1.165) is 16.7 Å². The zero-order valence-electron chi connectivity index (χ0n) is 20.5. The Morgan fingerprint density at radius 2 is 1.64 bits per heavy atom. The van der Waals surface area contributed by atoms with Gasteiger partial charge in [-0.15, -0.1) is 0 Å². The summed E-state index contributed by atoms with van der Waals surface area (Å²) < 4.78 is 6.01. The Balaban J connectivity index is 1.28. The number of nitrogens with zero attached hydrogens (tertiary/aromatic N) is 3. The maximum atomic E-state index is 13.8. The molecule has 8 heteroatoms. The fourth-order valence-corrected chi connectivity index (χ4v) is 4.78. The third kappa shape index (κ3) is 4.83. The molecule has 39 heavy (non-hydrogen) atoms. The molecule has 190 valence electrons. The molecular weight excluding hydrogens is 512 g/mol. The van der Waals surface area contributed by atoms with Crippen molar-refractivity contribution in [1.29, 1.82) is 0 Å². The monoisotopic (exact) mass is 532 g/mol. The molecule has 5 aromatic rings. The van der Waals surface area contributed by atoms with Gasteiger partial charge in [0.2, 0.25) is 5.88 Å². The molecule has 0 spiro atoms. The number of benzene rings is 3. The van der Waals surface area contributed by atoms with Crippen LogP contribution < -0.4 is 15.0 Å². The molecule has 0 atom stereocenters. The van der Waals surface area contributed by atoms with Crippen LogP contribution in [0.1, 0.15) is 26.3 Å². The molecule has 0 bridgehead atoms. The van der Waals surface area contributed by atoms with E-state index in [2.05, 4.69) is 15.3 Å². The number of aromatic nitrogens is 2. The molecule has 2 aromatic heterocycles. The van der Waals surface area contributed by atoms with Gasteiger partial charge in [-0.2, -0.15) is 0 Å². The highest BCUT2D eigenvalue weighted by Crippen LogP contribution is 2.39. The number of rotatable bonds is 4. The summed E-state index contributed by atoms with van der Waals surface area (Å²) in [5.74, 6) is 0.390. The lowest BCUT2D eigenvalue weighted by atomic mass is 10.00. The molecule has 2 amide bonds. The van der Waals surface area contributed by atoms with Gasteiger partial charge in [-0.3, -0.25) is 14.6 Å². The maximum absolute atomic E-state index is 13.8. The van der Waals surface area contributed by atoms with Gasteiger partial charge >= 0.3 is 0 Å². The summed E-state index contributed by atoms with van der Waals surface area (Å²) in [6.07, 6.45) is 5.02.